The molecule has 3 heteroatoms. The van der Waals surface area contributed by atoms with Gasteiger partial charge in [-0.3, -0.25) is 0 Å². The molecule has 14 rings (SSSR count). The SMILES string of the molecule is c1ccc(-c2ccc(-c3cc(-c4ccc(-c5ccccc5)cc4)nc(-c4ccccc4-c4cccc5c4c4cccc6c4n5-c4ccccc4C64c5ccccc5-c5ccccc54)n3)cc2)cc1. The Balaban J connectivity index is 0.985. The van der Waals surface area contributed by atoms with Crippen molar-refractivity contribution in [3.05, 3.63) is 271 Å². The van der Waals surface area contributed by atoms with Gasteiger partial charge in [0.1, 0.15) is 0 Å². The predicted octanol–water partition coefficient (Wildman–Crippen LogP) is 16.3. The van der Waals surface area contributed by atoms with E-state index in [9.17, 15) is 0 Å². The molecule has 0 unspecified atom stereocenters. The maximum atomic E-state index is 5.45. The molecular formula is C65H41N3. The number of para-hydroxylation sites is 2. The van der Waals surface area contributed by atoms with Gasteiger partial charge in [0.25, 0.3) is 0 Å². The fraction of sp³-hybridized carbons (Fsp3) is 0.0154. The molecule has 2 aromatic heterocycles. The van der Waals surface area contributed by atoms with Crippen LogP contribution in [0.4, 0.5) is 0 Å². The van der Waals surface area contributed by atoms with Crippen molar-refractivity contribution in [2.45, 2.75) is 5.41 Å². The highest BCUT2D eigenvalue weighted by molar-refractivity contribution is 6.19. The highest BCUT2D eigenvalue weighted by Crippen LogP contribution is 2.61. The molecule has 0 fully saturated rings. The zero-order valence-electron chi connectivity index (χ0n) is 37.0. The van der Waals surface area contributed by atoms with Crippen LogP contribution < -0.4 is 0 Å². The van der Waals surface area contributed by atoms with E-state index in [2.05, 4.69) is 253 Å². The van der Waals surface area contributed by atoms with E-state index in [0.29, 0.717) is 5.82 Å². The number of benzene rings is 10. The standard InChI is InChI=1S/C65H41N3/c1-3-17-42(18-4-1)44-33-37-46(38-34-44)58-41-59(47-39-35-45(36-40-47)43-19-5-2-6-20-43)67-64(66-58)52-24-8-7-21-48(52)51-25-16-32-61-62(51)53-26-15-30-57-63(53)68(61)60-31-14-13-29-56(60)65(57)54-27-11-9-22-49(54)50-23-10-12-28-55(50)65/h1-41H. The summed E-state index contributed by atoms with van der Waals surface area (Å²) in [5.74, 6) is 0.682. The first-order chi connectivity index (χ1) is 33.7. The maximum Gasteiger partial charge on any atom is 0.161 e. The Morgan fingerprint density at radius 1 is 0.309 bits per heavy atom. The Morgan fingerprint density at radius 3 is 1.35 bits per heavy atom. The Hall–Kier alpha value is -8.92. The second kappa shape index (κ2) is 15.1. The van der Waals surface area contributed by atoms with E-state index in [1.54, 1.807) is 0 Å². The molecule has 2 aliphatic rings. The van der Waals surface area contributed by atoms with E-state index >= 15 is 0 Å². The summed E-state index contributed by atoms with van der Waals surface area (Å²) in [6.07, 6.45) is 0. The second-order valence-corrected chi connectivity index (χ2v) is 18.0. The van der Waals surface area contributed by atoms with Gasteiger partial charge in [0.15, 0.2) is 5.82 Å². The van der Waals surface area contributed by atoms with Crippen LogP contribution in [0.3, 0.4) is 0 Å². The van der Waals surface area contributed by atoms with E-state index in [0.717, 1.165) is 39.2 Å². The van der Waals surface area contributed by atoms with Gasteiger partial charge in [-0.2, -0.15) is 0 Å². The summed E-state index contributed by atoms with van der Waals surface area (Å²) in [7, 11) is 0. The first-order valence-corrected chi connectivity index (χ1v) is 23.4. The van der Waals surface area contributed by atoms with E-state index in [4.69, 9.17) is 9.97 Å². The van der Waals surface area contributed by atoms with Gasteiger partial charge in [-0.25, -0.2) is 9.97 Å². The summed E-state index contributed by atoms with van der Waals surface area (Å²) in [5, 5.41) is 2.44. The van der Waals surface area contributed by atoms with Crippen LogP contribution in [0.25, 0.3) is 106 Å². The Bertz CT molecular complexity index is 3790. The average molecular weight is 864 g/mol. The summed E-state index contributed by atoms with van der Waals surface area (Å²) >= 11 is 0. The maximum absolute atomic E-state index is 5.45. The summed E-state index contributed by atoms with van der Waals surface area (Å²) in [4.78, 5) is 10.9. The number of hydrogen-bond donors (Lipinski definition) is 0. The number of aromatic nitrogens is 3. The Labute approximate surface area is 395 Å². The van der Waals surface area contributed by atoms with Gasteiger partial charge in [0.2, 0.25) is 0 Å². The largest absolute Gasteiger partial charge is 0.309 e. The van der Waals surface area contributed by atoms with Crippen molar-refractivity contribution in [3.63, 3.8) is 0 Å². The van der Waals surface area contributed by atoms with Gasteiger partial charge in [-0.15, -0.1) is 0 Å². The van der Waals surface area contributed by atoms with Crippen LogP contribution >= 0.6 is 0 Å². The van der Waals surface area contributed by atoms with Crippen LogP contribution in [-0.2, 0) is 5.41 Å². The summed E-state index contributed by atoms with van der Waals surface area (Å²) in [6, 6.07) is 90.3. The van der Waals surface area contributed by atoms with Crippen molar-refractivity contribution < 1.29 is 0 Å². The minimum Gasteiger partial charge on any atom is -0.309 e. The van der Waals surface area contributed by atoms with Crippen LogP contribution in [0.15, 0.2) is 249 Å². The molecule has 1 aliphatic carbocycles. The monoisotopic (exact) mass is 863 g/mol. The van der Waals surface area contributed by atoms with Gasteiger partial charge in [0.05, 0.1) is 33.5 Å². The highest BCUT2D eigenvalue weighted by Gasteiger charge is 2.50. The lowest BCUT2D eigenvalue weighted by Crippen LogP contribution is -2.33. The minimum atomic E-state index is -0.477. The number of nitrogens with zero attached hydrogens (tertiary/aromatic N) is 3. The lowest BCUT2D eigenvalue weighted by molar-refractivity contribution is 0.748. The van der Waals surface area contributed by atoms with Gasteiger partial charge in [-0.05, 0) is 85.0 Å². The summed E-state index contributed by atoms with van der Waals surface area (Å²) in [6.45, 7) is 0. The topological polar surface area (TPSA) is 30.7 Å². The molecule has 0 amide bonds. The molecule has 0 saturated heterocycles. The molecule has 0 radical (unpaired) electrons. The molecule has 3 nitrogen and oxygen atoms in total. The first kappa shape index (κ1) is 38.4. The zero-order valence-corrected chi connectivity index (χ0v) is 37.0. The third-order valence-electron chi connectivity index (χ3n) is 14.5. The average Bonchev–Trinajstić information content (AvgIpc) is 3.92. The highest BCUT2D eigenvalue weighted by atomic mass is 15.0. The summed E-state index contributed by atoms with van der Waals surface area (Å²) in [5.41, 5.74) is 22.8. The van der Waals surface area contributed by atoms with E-state index in [1.807, 2.05) is 0 Å². The molecule has 0 N–H and O–H groups in total. The lowest BCUT2D eigenvalue weighted by Gasteiger charge is -2.39. The molecule has 3 heterocycles. The third kappa shape index (κ3) is 5.60. The lowest BCUT2D eigenvalue weighted by atomic mass is 9.65. The molecule has 316 valence electrons. The van der Waals surface area contributed by atoms with E-state index in [-0.39, 0.29) is 0 Å². The van der Waals surface area contributed by atoms with Crippen LogP contribution in [0.1, 0.15) is 22.3 Å². The molecule has 1 aliphatic heterocycles. The van der Waals surface area contributed by atoms with E-state index in [1.165, 1.54) is 83.1 Å². The van der Waals surface area contributed by atoms with Crippen molar-refractivity contribution in [2.24, 2.45) is 0 Å². The fourth-order valence-corrected chi connectivity index (χ4v) is 11.5. The normalized spacial score (nSPS) is 12.8. The van der Waals surface area contributed by atoms with Crippen LogP contribution in [-0.4, -0.2) is 14.5 Å². The Kier molecular flexibility index (Phi) is 8.50. The number of hydrogen-bond acceptors (Lipinski definition) is 2. The van der Waals surface area contributed by atoms with Gasteiger partial charge in [-0.1, -0.05) is 231 Å². The Morgan fingerprint density at radius 2 is 0.750 bits per heavy atom. The summed E-state index contributed by atoms with van der Waals surface area (Å²) < 4.78 is 2.53. The molecule has 12 aromatic rings. The van der Waals surface area contributed by atoms with Gasteiger partial charge >= 0.3 is 0 Å². The van der Waals surface area contributed by atoms with Crippen molar-refractivity contribution in [1.29, 1.82) is 0 Å². The molecule has 0 bridgehead atoms. The smallest absolute Gasteiger partial charge is 0.161 e. The number of rotatable bonds is 6. The zero-order chi connectivity index (χ0) is 44.8. The molecule has 68 heavy (non-hydrogen) atoms. The van der Waals surface area contributed by atoms with E-state index < -0.39 is 5.41 Å². The quantitative estimate of drug-likeness (QED) is 0.167. The van der Waals surface area contributed by atoms with Crippen LogP contribution in [0.2, 0.25) is 0 Å². The van der Waals surface area contributed by atoms with Gasteiger partial charge < -0.3 is 4.57 Å². The van der Waals surface area contributed by atoms with Crippen LogP contribution in [0, 0.1) is 0 Å². The molecule has 0 atom stereocenters. The molecule has 10 aromatic carbocycles. The minimum absolute atomic E-state index is 0.477. The second-order valence-electron chi connectivity index (χ2n) is 18.0. The first-order valence-electron chi connectivity index (χ1n) is 23.4. The van der Waals surface area contributed by atoms with Crippen molar-refractivity contribution in [3.8, 4) is 84.1 Å². The predicted molar refractivity (Wildman–Crippen MR) is 280 cm³/mol. The molecule has 0 saturated carbocycles. The molecular weight excluding hydrogens is 823 g/mol. The number of fused-ring (bicyclic) bond motifs is 12. The van der Waals surface area contributed by atoms with Crippen molar-refractivity contribution in [2.75, 3.05) is 0 Å². The van der Waals surface area contributed by atoms with Crippen molar-refractivity contribution >= 4 is 21.8 Å². The molecule has 1 spiro atoms. The van der Waals surface area contributed by atoms with Gasteiger partial charge in [0, 0.05) is 27.5 Å². The van der Waals surface area contributed by atoms with Crippen molar-refractivity contribution in [1.82, 2.24) is 14.5 Å². The third-order valence-corrected chi connectivity index (χ3v) is 14.5. The van der Waals surface area contributed by atoms with Crippen LogP contribution in [0.5, 0.6) is 0 Å². The fourth-order valence-electron chi connectivity index (χ4n) is 11.5.